The van der Waals surface area contributed by atoms with E-state index in [0.717, 1.165) is 28.1 Å². The number of nitrogens with two attached hydrogens (primary N) is 1. The number of halogens is 1. The van der Waals surface area contributed by atoms with Crippen LogP contribution in [0.3, 0.4) is 0 Å². The van der Waals surface area contributed by atoms with Gasteiger partial charge in [0.15, 0.2) is 0 Å². The topological polar surface area (TPSA) is 79.4 Å². The van der Waals surface area contributed by atoms with Crippen LogP contribution in [0, 0.1) is 0 Å². The van der Waals surface area contributed by atoms with Gasteiger partial charge in [-0.15, -0.1) is 12.4 Å². The first kappa shape index (κ1) is 22.5. The molecule has 0 amide bonds. The zero-order valence-corrected chi connectivity index (χ0v) is 17.4. The Balaban J connectivity index is 0.00000300. The fourth-order valence-corrected chi connectivity index (χ4v) is 3.00. The van der Waals surface area contributed by atoms with Crippen molar-refractivity contribution < 1.29 is 14.3 Å². The molecule has 7 heteroatoms. The average molecular weight is 416 g/mol. The number of hydrogen-bond acceptors (Lipinski definition) is 5. The van der Waals surface area contributed by atoms with Gasteiger partial charge >= 0.3 is 5.97 Å². The van der Waals surface area contributed by atoms with Crippen LogP contribution in [0.1, 0.15) is 30.5 Å². The van der Waals surface area contributed by atoms with Crippen molar-refractivity contribution in [1.29, 1.82) is 0 Å². The van der Waals surface area contributed by atoms with E-state index in [9.17, 15) is 4.79 Å². The smallest absolute Gasteiger partial charge is 0.307 e. The summed E-state index contributed by atoms with van der Waals surface area (Å²) in [7, 11) is 1.88. The van der Waals surface area contributed by atoms with E-state index in [2.05, 4.69) is 5.10 Å². The van der Waals surface area contributed by atoms with Crippen molar-refractivity contribution in [3.05, 3.63) is 71.9 Å². The standard InChI is InChI=1S/C22H25N3O3.ClH/c1-3-27-22(26)14-19(23)17-9-10-21(28-15-16-7-5-4-6-8-16)18(13-17)20-11-12-24-25(20)2;/h4-13,19H,3,14-15,23H2,1-2H3;1H/t19-;/m0./s1. The Kier molecular flexibility index (Phi) is 8.24. The fourth-order valence-electron chi connectivity index (χ4n) is 3.00. The number of carbonyl (C=O) groups excluding carboxylic acids is 1. The zero-order valence-electron chi connectivity index (χ0n) is 16.6. The van der Waals surface area contributed by atoms with Gasteiger partial charge in [-0.3, -0.25) is 9.48 Å². The van der Waals surface area contributed by atoms with Gasteiger partial charge in [0.1, 0.15) is 12.4 Å². The van der Waals surface area contributed by atoms with Crippen LogP contribution >= 0.6 is 12.4 Å². The Morgan fingerprint density at radius 3 is 2.59 bits per heavy atom. The van der Waals surface area contributed by atoms with Gasteiger partial charge < -0.3 is 15.2 Å². The van der Waals surface area contributed by atoms with Gasteiger partial charge in [0.2, 0.25) is 0 Å². The summed E-state index contributed by atoms with van der Waals surface area (Å²) < 4.78 is 12.9. The van der Waals surface area contributed by atoms with E-state index in [0.29, 0.717) is 13.2 Å². The molecule has 3 rings (SSSR count). The SMILES string of the molecule is CCOC(=O)C[C@H](N)c1ccc(OCc2ccccc2)c(-c2ccnn2C)c1.Cl. The van der Waals surface area contributed by atoms with Gasteiger partial charge in [0.05, 0.1) is 18.7 Å². The highest BCUT2D eigenvalue weighted by atomic mass is 35.5. The van der Waals surface area contributed by atoms with E-state index < -0.39 is 6.04 Å². The minimum atomic E-state index is -0.450. The molecule has 0 fully saturated rings. The summed E-state index contributed by atoms with van der Waals surface area (Å²) in [4.78, 5) is 11.8. The number of esters is 1. The Bertz CT molecular complexity index is 928. The molecule has 6 nitrogen and oxygen atoms in total. The summed E-state index contributed by atoms with van der Waals surface area (Å²) in [5, 5.41) is 4.26. The molecular formula is C22H26ClN3O3. The van der Waals surface area contributed by atoms with Crippen molar-refractivity contribution in [2.75, 3.05) is 6.61 Å². The lowest BCUT2D eigenvalue weighted by molar-refractivity contribution is -0.143. The first-order valence-electron chi connectivity index (χ1n) is 9.28. The van der Waals surface area contributed by atoms with Crippen molar-refractivity contribution in [2.24, 2.45) is 12.8 Å². The molecule has 1 aromatic heterocycles. The highest BCUT2D eigenvalue weighted by Crippen LogP contribution is 2.33. The van der Waals surface area contributed by atoms with Crippen molar-refractivity contribution in [1.82, 2.24) is 9.78 Å². The van der Waals surface area contributed by atoms with Gasteiger partial charge in [0, 0.05) is 24.8 Å². The number of benzene rings is 2. The number of nitrogens with zero attached hydrogens (tertiary/aromatic N) is 2. The molecule has 154 valence electrons. The largest absolute Gasteiger partial charge is 0.488 e. The summed E-state index contributed by atoms with van der Waals surface area (Å²) in [5.74, 6) is 0.432. The van der Waals surface area contributed by atoms with Crippen molar-refractivity contribution in [2.45, 2.75) is 26.0 Å². The van der Waals surface area contributed by atoms with E-state index in [4.69, 9.17) is 15.2 Å². The van der Waals surface area contributed by atoms with E-state index in [-0.39, 0.29) is 24.8 Å². The van der Waals surface area contributed by atoms with E-state index in [1.165, 1.54) is 0 Å². The predicted octanol–water partition coefficient (Wildman–Crippen LogP) is 4.04. The molecule has 0 aliphatic rings. The maximum Gasteiger partial charge on any atom is 0.307 e. The maximum absolute atomic E-state index is 11.8. The van der Waals surface area contributed by atoms with Crippen LogP contribution in [-0.2, 0) is 23.2 Å². The first-order valence-corrected chi connectivity index (χ1v) is 9.28. The van der Waals surface area contributed by atoms with Gasteiger partial charge in [-0.1, -0.05) is 36.4 Å². The molecule has 0 unspecified atom stereocenters. The fraction of sp³-hybridized carbons (Fsp3) is 0.273. The van der Waals surface area contributed by atoms with Crippen molar-refractivity contribution in [3.8, 4) is 17.0 Å². The third kappa shape index (κ3) is 5.82. The Morgan fingerprint density at radius 1 is 1.17 bits per heavy atom. The quantitative estimate of drug-likeness (QED) is 0.561. The molecule has 0 radical (unpaired) electrons. The summed E-state index contributed by atoms with van der Waals surface area (Å²) in [5.41, 5.74) is 9.96. The molecule has 0 saturated heterocycles. The van der Waals surface area contributed by atoms with Gasteiger partial charge in [-0.2, -0.15) is 5.10 Å². The van der Waals surface area contributed by atoms with Gasteiger partial charge in [-0.05, 0) is 36.2 Å². The molecule has 0 aliphatic carbocycles. The van der Waals surface area contributed by atoms with Gasteiger partial charge in [-0.25, -0.2) is 0 Å². The Morgan fingerprint density at radius 2 is 1.93 bits per heavy atom. The Labute approximate surface area is 177 Å². The second-order valence-corrected chi connectivity index (χ2v) is 6.49. The first-order chi connectivity index (χ1) is 13.6. The minimum absolute atomic E-state index is 0. The molecule has 3 aromatic rings. The third-order valence-corrected chi connectivity index (χ3v) is 4.46. The number of hydrogen-bond donors (Lipinski definition) is 1. The second-order valence-electron chi connectivity index (χ2n) is 6.49. The van der Waals surface area contributed by atoms with Crippen LogP contribution in [0.25, 0.3) is 11.3 Å². The van der Waals surface area contributed by atoms with Crippen molar-refractivity contribution in [3.63, 3.8) is 0 Å². The zero-order chi connectivity index (χ0) is 19.9. The van der Waals surface area contributed by atoms with Crippen LogP contribution in [0.2, 0.25) is 0 Å². The molecule has 2 aromatic carbocycles. The molecule has 29 heavy (non-hydrogen) atoms. The summed E-state index contributed by atoms with van der Waals surface area (Å²) in [6.07, 6.45) is 1.87. The van der Waals surface area contributed by atoms with E-state index >= 15 is 0 Å². The van der Waals surface area contributed by atoms with Crippen LogP contribution in [-0.4, -0.2) is 22.4 Å². The highest BCUT2D eigenvalue weighted by Gasteiger charge is 2.17. The molecule has 2 N–H and O–H groups in total. The van der Waals surface area contributed by atoms with Gasteiger partial charge in [0.25, 0.3) is 0 Å². The van der Waals surface area contributed by atoms with E-state index in [1.807, 2.05) is 61.6 Å². The predicted molar refractivity (Wildman–Crippen MR) is 115 cm³/mol. The third-order valence-electron chi connectivity index (χ3n) is 4.46. The lowest BCUT2D eigenvalue weighted by Crippen LogP contribution is -2.17. The maximum atomic E-state index is 11.8. The number of ether oxygens (including phenoxy) is 2. The van der Waals surface area contributed by atoms with Crippen LogP contribution < -0.4 is 10.5 Å². The molecule has 1 heterocycles. The number of aromatic nitrogens is 2. The minimum Gasteiger partial charge on any atom is -0.488 e. The molecule has 0 aliphatic heterocycles. The summed E-state index contributed by atoms with van der Waals surface area (Å²) in [6, 6.07) is 17.2. The highest BCUT2D eigenvalue weighted by molar-refractivity contribution is 5.85. The average Bonchev–Trinajstić information content (AvgIpc) is 3.13. The summed E-state index contributed by atoms with van der Waals surface area (Å²) >= 11 is 0. The number of rotatable bonds is 8. The normalized spacial score (nSPS) is 11.4. The molecular weight excluding hydrogens is 390 g/mol. The summed E-state index contributed by atoms with van der Waals surface area (Å²) in [6.45, 7) is 2.58. The molecule has 0 saturated carbocycles. The molecule has 0 spiro atoms. The number of carbonyl (C=O) groups is 1. The lowest BCUT2D eigenvalue weighted by Gasteiger charge is -2.17. The van der Waals surface area contributed by atoms with Crippen LogP contribution in [0.5, 0.6) is 5.75 Å². The van der Waals surface area contributed by atoms with Crippen molar-refractivity contribution >= 4 is 18.4 Å². The van der Waals surface area contributed by atoms with E-state index in [1.54, 1.807) is 17.8 Å². The van der Waals surface area contributed by atoms with Crippen LogP contribution in [0.15, 0.2) is 60.8 Å². The lowest BCUT2D eigenvalue weighted by atomic mass is 10.00. The number of aryl methyl sites for hydroxylation is 1. The second kappa shape index (κ2) is 10.6. The monoisotopic (exact) mass is 415 g/mol. The molecule has 1 atom stereocenters. The molecule has 0 bridgehead atoms. The Hall–Kier alpha value is -2.83. The van der Waals surface area contributed by atoms with Crippen LogP contribution in [0.4, 0.5) is 0 Å².